The van der Waals surface area contributed by atoms with Crippen LogP contribution in [-0.2, 0) is 0 Å². The van der Waals surface area contributed by atoms with E-state index in [2.05, 4.69) is 9.97 Å². The lowest BCUT2D eigenvalue weighted by Gasteiger charge is -2.06. The SMILES string of the molecule is COc1ccccc1-c1c[nH]c(-c2ccccc2OC)n1. The highest BCUT2D eigenvalue weighted by Crippen LogP contribution is 2.32. The number of hydrogen-bond donors (Lipinski definition) is 1. The molecule has 0 saturated heterocycles. The molecule has 3 rings (SSSR count). The van der Waals surface area contributed by atoms with E-state index in [1.807, 2.05) is 54.7 Å². The number of benzene rings is 2. The molecule has 0 spiro atoms. The number of H-pyrrole nitrogens is 1. The molecule has 0 aliphatic carbocycles. The number of imidazole rings is 1. The van der Waals surface area contributed by atoms with Crippen LogP contribution in [0.1, 0.15) is 0 Å². The summed E-state index contributed by atoms with van der Waals surface area (Å²) >= 11 is 0. The summed E-state index contributed by atoms with van der Waals surface area (Å²) in [6.07, 6.45) is 1.87. The average Bonchev–Trinajstić information content (AvgIpc) is 3.04. The van der Waals surface area contributed by atoms with Crippen LogP contribution in [0, 0.1) is 0 Å². The molecule has 4 heteroatoms. The summed E-state index contributed by atoms with van der Waals surface area (Å²) in [5.74, 6) is 2.36. The van der Waals surface area contributed by atoms with Gasteiger partial charge in [-0.05, 0) is 24.3 Å². The van der Waals surface area contributed by atoms with E-state index in [-0.39, 0.29) is 0 Å². The van der Waals surface area contributed by atoms with Gasteiger partial charge in [-0.1, -0.05) is 24.3 Å². The van der Waals surface area contributed by atoms with Crippen LogP contribution in [0.25, 0.3) is 22.6 Å². The lowest BCUT2D eigenvalue weighted by molar-refractivity contribution is 0.416. The molecule has 0 unspecified atom stereocenters. The van der Waals surface area contributed by atoms with Crippen molar-refractivity contribution in [3.8, 4) is 34.1 Å². The van der Waals surface area contributed by atoms with Gasteiger partial charge in [0.25, 0.3) is 0 Å². The third kappa shape index (κ3) is 2.48. The molecule has 0 aliphatic heterocycles. The lowest BCUT2D eigenvalue weighted by Crippen LogP contribution is -1.89. The molecule has 0 radical (unpaired) electrons. The maximum Gasteiger partial charge on any atom is 0.141 e. The maximum atomic E-state index is 5.38. The van der Waals surface area contributed by atoms with Gasteiger partial charge < -0.3 is 14.5 Å². The van der Waals surface area contributed by atoms with E-state index in [0.717, 1.165) is 34.1 Å². The van der Waals surface area contributed by atoms with Crippen LogP contribution >= 0.6 is 0 Å². The van der Waals surface area contributed by atoms with Crippen molar-refractivity contribution >= 4 is 0 Å². The van der Waals surface area contributed by atoms with Crippen LogP contribution in [0.15, 0.2) is 54.7 Å². The van der Waals surface area contributed by atoms with Crippen LogP contribution in [0.4, 0.5) is 0 Å². The second-order valence-corrected chi connectivity index (χ2v) is 4.53. The van der Waals surface area contributed by atoms with Gasteiger partial charge in [-0.2, -0.15) is 0 Å². The Labute approximate surface area is 123 Å². The predicted molar refractivity (Wildman–Crippen MR) is 82.6 cm³/mol. The first-order valence-corrected chi connectivity index (χ1v) is 6.65. The summed E-state index contributed by atoms with van der Waals surface area (Å²) in [4.78, 5) is 7.85. The van der Waals surface area contributed by atoms with E-state index in [1.165, 1.54) is 0 Å². The standard InChI is InChI=1S/C17H16N2O2/c1-20-15-9-5-3-7-12(15)14-11-18-17(19-14)13-8-4-6-10-16(13)21-2/h3-11H,1-2H3,(H,18,19). The minimum Gasteiger partial charge on any atom is -0.496 e. The number of methoxy groups -OCH3 is 2. The molecule has 0 atom stereocenters. The Balaban J connectivity index is 2.04. The molecule has 0 saturated carbocycles. The lowest BCUT2D eigenvalue weighted by atomic mass is 10.1. The third-order valence-electron chi connectivity index (χ3n) is 3.32. The minimum absolute atomic E-state index is 0.772. The van der Waals surface area contributed by atoms with E-state index in [1.54, 1.807) is 14.2 Å². The van der Waals surface area contributed by atoms with Crippen LogP contribution < -0.4 is 9.47 Å². The first kappa shape index (κ1) is 13.2. The van der Waals surface area contributed by atoms with Gasteiger partial charge in [0, 0.05) is 11.8 Å². The van der Waals surface area contributed by atoms with E-state index < -0.39 is 0 Å². The Kier molecular flexibility index (Phi) is 3.60. The van der Waals surface area contributed by atoms with Gasteiger partial charge in [-0.25, -0.2) is 4.98 Å². The number of nitrogens with one attached hydrogen (secondary N) is 1. The van der Waals surface area contributed by atoms with Gasteiger partial charge >= 0.3 is 0 Å². The smallest absolute Gasteiger partial charge is 0.141 e. The van der Waals surface area contributed by atoms with Crippen LogP contribution in [0.5, 0.6) is 11.5 Å². The van der Waals surface area contributed by atoms with Crippen molar-refractivity contribution in [2.45, 2.75) is 0 Å². The molecule has 1 N–H and O–H groups in total. The molecule has 0 aliphatic rings. The molecule has 1 heterocycles. The second-order valence-electron chi connectivity index (χ2n) is 4.53. The molecule has 2 aromatic carbocycles. The van der Waals surface area contributed by atoms with Gasteiger partial charge in [0.1, 0.15) is 17.3 Å². The summed E-state index contributed by atoms with van der Waals surface area (Å²) in [6, 6.07) is 15.6. The van der Waals surface area contributed by atoms with Crippen LogP contribution in [-0.4, -0.2) is 24.2 Å². The van der Waals surface area contributed by atoms with Gasteiger partial charge in [0.15, 0.2) is 0 Å². The van der Waals surface area contributed by atoms with Crippen molar-refractivity contribution in [2.75, 3.05) is 14.2 Å². The second kappa shape index (κ2) is 5.71. The van der Waals surface area contributed by atoms with Crippen molar-refractivity contribution in [1.82, 2.24) is 9.97 Å². The maximum absolute atomic E-state index is 5.38. The Morgan fingerprint density at radius 1 is 0.810 bits per heavy atom. The number of aromatic nitrogens is 2. The summed E-state index contributed by atoms with van der Waals surface area (Å²) in [6.45, 7) is 0. The van der Waals surface area contributed by atoms with E-state index >= 15 is 0 Å². The Morgan fingerprint density at radius 3 is 2.05 bits per heavy atom. The van der Waals surface area contributed by atoms with Crippen molar-refractivity contribution in [2.24, 2.45) is 0 Å². The minimum atomic E-state index is 0.772. The number of ether oxygens (including phenoxy) is 2. The summed E-state index contributed by atoms with van der Waals surface area (Å²) in [5.41, 5.74) is 2.73. The number of rotatable bonds is 4. The molecular formula is C17H16N2O2. The molecule has 106 valence electrons. The molecule has 0 amide bonds. The van der Waals surface area contributed by atoms with E-state index in [9.17, 15) is 0 Å². The summed E-state index contributed by atoms with van der Waals surface area (Å²) in [5, 5.41) is 0. The van der Waals surface area contributed by atoms with Gasteiger partial charge in [-0.15, -0.1) is 0 Å². The highest BCUT2D eigenvalue weighted by molar-refractivity contribution is 5.71. The molecule has 0 bridgehead atoms. The largest absolute Gasteiger partial charge is 0.496 e. The first-order valence-electron chi connectivity index (χ1n) is 6.65. The fourth-order valence-electron chi connectivity index (χ4n) is 2.29. The Bertz CT molecular complexity index is 688. The van der Waals surface area contributed by atoms with Crippen LogP contribution in [0.3, 0.4) is 0 Å². The predicted octanol–water partition coefficient (Wildman–Crippen LogP) is 3.76. The quantitative estimate of drug-likeness (QED) is 0.791. The topological polar surface area (TPSA) is 47.1 Å². The van der Waals surface area contributed by atoms with Gasteiger partial charge in [0.2, 0.25) is 0 Å². The molecule has 0 fully saturated rings. The van der Waals surface area contributed by atoms with Crippen LogP contribution in [0.2, 0.25) is 0 Å². The number of nitrogens with zero attached hydrogens (tertiary/aromatic N) is 1. The Hall–Kier alpha value is -2.75. The summed E-state index contributed by atoms with van der Waals surface area (Å²) in [7, 11) is 3.32. The zero-order valence-electron chi connectivity index (χ0n) is 12.0. The monoisotopic (exact) mass is 280 g/mol. The molecule has 1 aromatic heterocycles. The van der Waals surface area contributed by atoms with Crippen molar-refractivity contribution < 1.29 is 9.47 Å². The first-order chi connectivity index (χ1) is 10.3. The van der Waals surface area contributed by atoms with E-state index in [0.29, 0.717) is 0 Å². The van der Waals surface area contributed by atoms with E-state index in [4.69, 9.17) is 9.47 Å². The number of para-hydroxylation sites is 2. The van der Waals surface area contributed by atoms with Gasteiger partial charge in [0.05, 0.1) is 25.5 Å². The fraction of sp³-hybridized carbons (Fsp3) is 0.118. The summed E-state index contributed by atoms with van der Waals surface area (Å²) < 4.78 is 10.8. The average molecular weight is 280 g/mol. The Morgan fingerprint density at radius 2 is 1.38 bits per heavy atom. The van der Waals surface area contributed by atoms with Crippen molar-refractivity contribution in [3.05, 3.63) is 54.7 Å². The molecule has 4 nitrogen and oxygen atoms in total. The van der Waals surface area contributed by atoms with Crippen molar-refractivity contribution in [1.29, 1.82) is 0 Å². The zero-order chi connectivity index (χ0) is 14.7. The third-order valence-corrected chi connectivity index (χ3v) is 3.32. The number of hydrogen-bond acceptors (Lipinski definition) is 3. The molecule has 21 heavy (non-hydrogen) atoms. The van der Waals surface area contributed by atoms with Crippen molar-refractivity contribution in [3.63, 3.8) is 0 Å². The van der Waals surface area contributed by atoms with Gasteiger partial charge in [-0.3, -0.25) is 0 Å². The highest BCUT2D eigenvalue weighted by Gasteiger charge is 2.12. The number of aromatic amines is 1. The molecule has 3 aromatic rings. The highest BCUT2D eigenvalue weighted by atomic mass is 16.5. The normalized spacial score (nSPS) is 10.4. The zero-order valence-corrected chi connectivity index (χ0v) is 12.0. The molecular weight excluding hydrogens is 264 g/mol. The fourth-order valence-corrected chi connectivity index (χ4v) is 2.29.